The molecule has 2 saturated heterocycles. The standard InChI is InChI=1S/C15H30N4O2S.HI/c1-3-7-19-8-4-13(5-9-19)11-17-15(16-2)18-14-6-10-22(20,21)12-14;/h13-14H,3-12H2,1-2H3,(H2,16,17,18);1H. The predicted octanol–water partition coefficient (Wildman–Crippen LogP) is 1.08. The first-order chi connectivity index (χ1) is 10.5. The zero-order valence-electron chi connectivity index (χ0n) is 14.3. The normalized spacial score (nSPS) is 25.8. The third-order valence-corrected chi connectivity index (χ3v) is 6.37. The van der Waals surface area contributed by atoms with Crippen molar-refractivity contribution in [3.05, 3.63) is 0 Å². The van der Waals surface area contributed by atoms with Crippen LogP contribution < -0.4 is 10.6 Å². The van der Waals surface area contributed by atoms with Gasteiger partial charge in [-0.3, -0.25) is 4.99 Å². The van der Waals surface area contributed by atoms with E-state index < -0.39 is 9.84 Å². The molecule has 2 fully saturated rings. The van der Waals surface area contributed by atoms with E-state index >= 15 is 0 Å². The third kappa shape index (κ3) is 7.13. The van der Waals surface area contributed by atoms with Crippen LogP contribution in [0, 0.1) is 5.92 Å². The van der Waals surface area contributed by atoms with E-state index in [0.29, 0.717) is 12.3 Å². The van der Waals surface area contributed by atoms with Gasteiger partial charge in [0.25, 0.3) is 0 Å². The van der Waals surface area contributed by atoms with Crippen LogP contribution in [0.4, 0.5) is 0 Å². The van der Waals surface area contributed by atoms with Gasteiger partial charge in [0, 0.05) is 19.6 Å². The number of halogens is 1. The Kier molecular flexibility index (Phi) is 9.13. The van der Waals surface area contributed by atoms with E-state index in [1.54, 1.807) is 7.05 Å². The van der Waals surface area contributed by atoms with E-state index in [1.165, 1.54) is 38.9 Å². The number of aliphatic imine (C=N–C) groups is 1. The number of likely N-dealkylation sites (tertiary alicyclic amines) is 1. The third-order valence-electron chi connectivity index (χ3n) is 4.60. The monoisotopic (exact) mass is 458 g/mol. The molecule has 0 amide bonds. The van der Waals surface area contributed by atoms with Crippen molar-refractivity contribution in [1.82, 2.24) is 15.5 Å². The molecule has 0 aromatic carbocycles. The maximum atomic E-state index is 11.5. The van der Waals surface area contributed by atoms with Crippen molar-refractivity contribution in [2.24, 2.45) is 10.9 Å². The van der Waals surface area contributed by atoms with Crippen LogP contribution in [0.15, 0.2) is 4.99 Å². The molecule has 1 atom stereocenters. The molecule has 0 aromatic rings. The first kappa shape index (κ1) is 21.0. The largest absolute Gasteiger partial charge is 0.356 e. The van der Waals surface area contributed by atoms with Gasteiger partial charge < -0.3 is 15.5 Å². The van der Waals surface area contributed by atoms with E-state index in [4.69, 9.17) is 0 Å². The molecule has 2 aliphatic heterocycles. The molecule has 0 spiro atoms. The Hall–Kier alpha value is -0.0900. The van der Waals surface area contributed by atoms with Crippen LogP contribution in [0.3, 0.4) is 0 Å². The van der Waals surface area contributed by atoms with Crippen LogP contribution in [-0.4, -0.2) is 70.1 Å². The Balaban J connectivity index is 0.00000264. The Bertz CT molecular complexity index is 476. The van der Waals surface area contributed by atoms with Crippen molar-refractivity contribution >= 4 is 39.8 Å². The first-order valence-corrected chi connectivity index (χ1v) is 10.2. The van der Waals surface area contributed by atoms with Crippen LogP contribution in [0.5, 0.6) is 0 Å². The summed E-state index contributed by atoms with van der Waals surface area (Å²) >= 11 is 0. The van der Waals surface area contributed by atoms with E-state index in [1.807, 2.05) is 0 Å². The van der Waals surface area contributed by atoms with Gasteiger partial charge in [0.1, 0.15) is 0 Å². The maximum Gasteiger partial charge on any atom is 0.191 e. The maximum absolute atomic E-state index is 11.5. The van der Waals surface area contributed by atoms with Gasteiger partial charge in [-0.15, -0.1) is 24.0 Å². The summed E-state index contributed by atoms with van der Waals surface area (Å²) < 4.78 is 23.0. The lowest BCUT2D eigenvalue weighted by molar-refractivity contribution is 0.185. The van der Waals surface area contributed by atoms with Gasteiger partial charge in [-0.1, -0.05) is 6.92 Å². The minimum Gasteiger partial charge on any atom is -0.356 e. The summed E-state index contributed by atoms with van der Waals surface area (Å²) in [4.78, 5) is 6.75. The van der Waals surface area contributed by atoms with Gasteiger partial charge >= 0.3 is 0 Å². The van der Waals surface area contributed by atoms with Crippen LogP contribution >= 0.6 is 24.0 Å². The fraction of sp³-hybridized carbons (Fsp3) is 0.933. The van der Waals surface area contributed by atoms with Crippen molar-refractivity contribution in [3.63, 3.8) is 0 Å². The summed E-state index contributed by atoms with van der Waals surface area (Å²) in [6.45, 7) is 6.73. The van der Waals surface area contributed by atoms with Gasteiger partial charge in [0.05, 0.1) is 11.5 Å². The van der Waals surface area contributed by atoms with Crippen molar-refractivity contribution < 1.29 is 8.42 Å². The number of sulfone groups is 1. The van der Waals surface area contributed by atoms with E-state index in [-0.39, 0.29) is 41.5 Å². The number of nitrogens with one attached hydrogen (secondary N) is 2. The second-order valence-corrected chi connectivity index (χ2v) is 8.71. The van der Waals surface area contributed by atoms with Crippen molar-refractivity contribution in [1.29, 1.82) is 0 Å². The van der Waals surface area contributed by atoms with E-state index in [0.717, 1.165) is 12.5 Å². The quantitative estimate of drug-likeness (QED) is 0.367. The highest BCUT2D eigenvalue weighted by atomic mass is 127. The number of nitrogens with zero attached hydrogens (tertiary/aromatic N) is 2. The lowest BCUT2D eigenvalue weighted by Gasteiger charge is -2.32. The van der Waals surface area contributed by atoms with Gasteiger partial charge in [-0.05, 0) is 51.2 Å². The Morgan fingerprint density at radius 2 is 1.96 bits per heavy atom. The summed E-state index contributed by atoms with van der Waals surface area (Å²) in [6, 6.07) is 0.00241. The molecule has 2 heterocycles. The number of guanidine groups is 1. The minimum atomic E-state index is -2.85. The lowest BCUT2D eigenvalue weighted by atomic mass is 9.97. The molecule has 2 N–H and O–H groups in total. The van der Waals surface area contributed by atoms with E-state index in [9.17, 15) is 8.42 Å². The first-order valence-electron chi connectivity index (χ1n) is 8.42. The molecule has 0 saturated carbocycles. The van der Waals surface area contributed by atoms with Crippen LogP contribution in [0.2, 0.25) is 0 Å². The highest BCUT2D eigenvalue weighted by molar-refractivity contribution is 14.0. The summed E-state index contributed by atoms with van der Waals surface area (Å²) in [6.07, 6.45) is 4.35. The molecule has 1 unspecified atom stereocenters. The van der Waals surface area contributed by atoms with Crippen molar-refractivity contribution in [2.45, 2.75) is 38.6 Å². The fourth-order valence-corrected chi connectivity index (χ4v) is 4.94. The summed E-state index contributed by atoms with van der Waals surface area (Å²) in [7, 11) is -1.11. The highest BCUT2D eigenvalue weighted by Gasteiger charge is 2.28. The Morgan fingerprint density at radius 3 is 2.48 bits per heavy atom. The molecule has 2 aliphatic rings. The summed E-state index contributed by atoms with van der Waals surface area (Å²) in [5.41, 5.74) is 0. The number of hydrogen-bond acceptors (Lipinski definition) is 4. The zero-order chi connectivity index (χ0) is 16.0. The van der Waals surface area contributed by atoms with Crippen LogP contribution in [0.1, 0.15) is 32.6 Å². The molecule has 6 nitrogen and oxygen atoms in total. The number of hydrogen-bond donors (Lipinski definition) is 2. The van der Waals surface area contributed by atoms with Gasteiger partial charge in [0.15, 0.2) is 15.8 Å². The summed E-state index contributed by atoms with van der Waals surface area (Å²) in [5.74, 6) is 1.93. The van der Waals surface area contributed by atoms with Crippen molar-refractivity contribution in [3.8, 4) is 0 Å². The van der Waals surface area contributed by atoms with Crippen molar-refractivity contribution in [2.75, 3.05) is 44.7 Å². The molecule has 2 rings (SSSR count). The molecule has 136 valence electrons. The lowest BCUT2D eigenvalue weighted by Crippen LogP contribution is -2.46. The van der Waals surface area contributed by atoms with Gasteiger partial charge in [0.2, 0.25) is 0 Å². The second-order valence-electron chi connectivity index (χ2n) is 6.48. The molecule has 0 aliphatic carbocycles. The Morgan fingerprint density at radius 1 is 1.26 bits per heavy atom. The second kappa shape index (κ2) is 10.0. The molecule has 0 aromatic heterocycles. The molecule has 0 bridgehead atoms. The van der Waals surface area contributed by atoms with Gasteiger partial charge in [-0.25, -0.2) is 8.42 Å². The SMILES string of the molecule is CCCN1CCC(CNC(=NC)NC2CCS(=O)(=O)C2)CC1.I. The molecular formula is C15H31IN4O2S. The minimum absolute atomic E-state index is 0. The number of piperidine rings is 1. The Labute approximate surface area is 157 Å². The van der Waals surface area contributed by atoms with Gasteiger partial charge in [-0.2, -0.15) is 0 Å². The smallest absolute Gasteiger partial charge is 0.191 e. The average molecular weight is 458 g/mol. The summed E-state index contributed by atoms with van der Waals surface area (Å²) in [5, 5.41) is 6.60. The number of rotatable bonds is 5. The highest BCUT2D eigenvalue weighted by Crippen LogP contribution is 2.16. The van der Waals surface area contributed by atoms with Crippen LogP contribution in [0.25, 0.3) is 0 Å². The molecular weight excluding hydrogens is 427 g/mol. The zero-order valence-corrected chi connectivity index (χ0v) is 17.4. The molecule has 8 heteroatoms. The molecule has 23 heavy (non-hydrogen) atoms. The van der Waals surface area contributed by atoms with E-state index in [2.05, 4.69) is 27.4 Å². The van der Waals surface area contributed by atoms with Crippen LogP contribution in [-0.2, 0) is 9.84 Å². The predicted molar refractivity (Wildman–Crippen MR) is 106 cm³/mol. The average Bonchev–Trinajstić information content (AvgIpc) is 2.84. The fourth-order valence-electron chi connectivity index (χ4n) is 3.27. The topological polar surface area (TPSA) is 73.8 Å². The molecule has 0 radical (unpaired) electrons.